The van der Waals surface area contributed by atoms with Crippen LogP contribution in [0.15, 0.2) is 45.8 Å². The molecule has 0 saturated carbocycles. The molecule has 1 N–H and O–H groups in total. The molecule has 5 nitrogen and oxygen atoms in total. The SMILES string of the molecule is Cc1cc(C)c(N(CCC(=O)O)S(=O)(=O)c2ccc(Br)cc2)c(C)c1. The van der Waals surface area contributed by atoms with Crippen molar-refractivity contribution in [2.75, 3.05) is 10.8 Å². The maximum absolute atomic E-state index is 13.2. The molecule has 0 fully saturated rings. The van der Waals surface area contributed by atoms with Crippen molar-refractivity contribution in [2.45, 2.75) is 32.1 Å². The van der Waals surface area contributed by atoms with Crippen LogP contribution in [0.25, 0.3) is 0 Å². The van der Waals surface area contributed by atoms with Crippen molar-refractivity contribution in [1.29, 1.82) is 0 Å². The van der Waals surface area contributed by atoms with Gasteiger partial charge in [-0.3, -0.25) is 9.10 Å². The number of benzene rings is 2. The highest BCUT2D eigenvalue weighted by Gasteiger charge is 2.28. The Kier molecular flexibility index (Phi) is 5.90. The quantitative estimate of drug-likeness (QED) is 0.757. The van der Waals surface area contributed by atoms with Crippen LogP contribution >= 0.6 is 15.9 Å². The largest absolute Gasteiger partial charge is 0.481 e. The van der Waals surface area contributed by atoms with Crippen LogP contribution in [0.2, 0.25) is 0 Å². The molecule has 0 aliphatic carbocycles. The van der Waals surface area contributed by atoms with E-state index in [1.807, 2.05) is 32.9 Å². The van der Waals surface area contributed by atoms with Crippen LogP contribution in [0, 0.1) is 20.8 Å². The minimum Gasteiger partial charge on any atom is -0.481 e. The molecule has 0 saturated heterocycles. The highest BCUT2D eigenvalue weighted by atomic mass is 79.9. The highest BCUT2D eigenvalue weighted by Crippen LogP contribution is 2.31. The van der Waals surface area contributed by atoms with E-state index in [1.165, 1.54) is 16.4 Å². The van der Waals surface area contributed by atoms with Gasteiger partial charge in [-0.05, 0) is 56.2 Å². The first-order valence-corrected chi connectivity index (χ1v) is 9.94. The number of nitrogens with zero attached hydrogens (tertiary/aromatic N) is 1. The van der Waals surface area contributed by atoms with Gasteiger partial charge in [0.05, 0.1) is 17.0 Å². The smallest absolute Gasteiger partial charge is 0.305 e. The number of carboxylic acids is 1. The van der Waals surface area contributed by atoms with Gasteiger partial charge in [-0.1, -0.05) is 33.6 Å². The molecule has 0 atom stereocenters. The molecule has 0 bridgehead atoms. The van der Waals surface area contributed by atoms with E-state index in [9.17, 15) is 13.2 Å². The number of carbonyl (C=O) groups is 1. The summed E-state index contributed by atoms with van der Waals surface area (Å²) in [6.07, 6.45) is -0.275. The average Bonchev–Trinajstić information content (AvgIpc) is 2.49. The van der Waals surface area contributed by atoms with Crippen LogP contribution in [0.1, 0.15) is 23.1 Å². The van der Waals surface area contributed by atoms with Crippen molar-refractivity contribution in [3.8, 4) is 0 Å². The molecule has 0 spiro atoms. The zero-order chi connectivity index (χ0) is 18.8. The van der Waals surface area contributed by atoms with E-state index in [2.05, 4.69) is 15.9 Å². The third-order valence-corrected chi connectivity index (χ3v) is 6.16. The fourth-order valence-electron chi connectivity index (χ4n) is 2.85. The van der Waals surface area contributed by atoms with Crippen LogP contribution in [0.3, 0.4) is 0 Å². The van der Waals surface area contributed by atoms with Crippen molar-refractivity contribution in [1.82, 2.24) is 0 Å². The Morgan fingerprint density at radius 2 is 1.60 bits per heavy atom. The normalized spacial score (nSPS) is 11.4. The summed E-state index contributed by atoms with van der Waals surface area (Å²) in [6, 6.07) is 10.1. The first-order valence-electron chi connectivity index (χ1n) is 7.71. The van der Waals surface area contributed by atoms with Gasteiger partial charge in [-0.15, -0.1) is 0 Å². The summed E-state index contributed by atoms with van der Waals surface area (Å²) in [5.41, 5.74) is 3.15. The lowest BCUT2D eigenvalue weighted by atomic mass is 10.1. The van der Waals surface area contributed by atoms with Gasteiger partial charge in [0, 0.05) is 11.0 Å². The van der Waals surface area contributed by atoms with Crippen molar-refractivity contribution in [3.63, 3.8) is 0 Å². The third kappa shape index (κ3) is 4.41. The van der Waals surface area contributed by atoms with Gasteiger partial charge in [0.15, 0.2) is 0 Å². The molecule has 25 heavy (non-hydrogen) atoms. The van der Waals surface area contributed by atoms with E-state index in [1.54, 1.807) is 12.1 Å². The molecule has 0 aromatic heterocycles. The lowest BCUT2D eigenvalue weighted by molar-refractivity contribution is -0.136. The Bertz CT molecular complexity index is 869. The number of aliphatic carboxylic acids is 1. The van der Waals surface area contributed by atoms with Gasteiger partial charge in [-0.2, -0.15) is 0 Å². The Balaban J connectivity index is 2.60. The van der Waals surface area contributed by atoms with Gasteiger partial charge in [0.25, 0.3) is 10.0 Å². The molecule has 0 amide bonds. The summed E-state index contributed by atoms with van der Waals surface area (Å²) >= 11 is 3.29. The molecule has 0 unspecified atom stereocenters. The van der Waals surface area contributed by atoms with E-state index >= 15 is 0 Å². The predicted molar refractivity (Wildman–Crippen MR) is 102 cm³/mol. The number of aryl methyl sites for hydroxylation is 3. The highest BCUT2D eigenvalue weighted by molar-refractivity contribution is 9.10. The van der Waals surface area contributed by atoms with Gasteiger partial charge < -0.3 is 5.11 Å². The van der Waals surface area contributed by atoms with Gasteiger partial charge in [0.2, 0.25) is 0 Å². The molecule has 0 heterocycles. The lowest BCUT2D eigenvalue weighted by Crippen LogP contribution is -2.34. The van der Waals surface area contributed by atoms with Crippen LogP contribution < -0.4 is 4.31 Å². The summed E-state index contributed by atoms with van der Waals surface area (Å²) in [4.78, 5) is 11.2. The van der Waals surface area contributed by atoms with Crippen molar-refractivity contribution >= 4 is 37.6 Å². The molecule has 0 radical (unpaired) electrons. The Morgan fingerprint density at radius 3 is 2.08 bits per heavy atom. The first kappa shape index (κ1) is 19.5. The van der Waals surface area contributed by atoms with Crippen LogP contribution in [0.4, 0.5) is 5.69 Å². The van der Waals surface area contributed by atoms with Crippen molar-refractivity contribution < 1.29 is 18.3 Å². The van der Waals surface area contributed by atoms with Gasteiger partial charge >= 0.3 is 5.97 Å². The van der Waals surface area contributed by atoms with Crippen LogP contribution in [-0.4, -0.2) is 26.0 Å². The molecule has 134 valence electrons. The lowest BCUT2D eigenvalue weighted by Gasteiger charge is -2.27. The van der Waals surface area contributed by atoms with E-state index in [0.717, 1.165) is 21.2 Å². The molecule has 2 aromatic rings. The van der Waals surface area contributed by atoms with Crippen molar-refractivity contribution in [3.05, 3.63) is 57.6 Å². The molecule has 0 aliphatic heterocycles. The fraction of sp³-hybridized carbons (Fsp3) is 0.278. The first-order chi connectivity index (χ1) is 11.6. The standard InChI is InChI=1S/C18H20BrNO4S/c1-12-10-13(2)18(14(3)11-12)20(9-8-17(21)22)25(23,24)16-6-4-15(19)5-7-16/h4-7,10-11H,8-9H2,1-3H3,(H,21,22). The number of hydrogen-bond donors (Lipinski definition) is 1. The molecule has 2 aromatic carbocycles. The molecular formula is C18H20BrNO4S. The summed E-state index contributed by atoms with van der Waals surface area (Å²) in [5.74, 6) is -1.04. The second-order valence-electron chi connectivity index (χ2n) is 5.92. The van der Waals surface area contributed by atoms with Crippen molar-refractivity contribution in [2.24, 2.45) is 0 Å². The summed E-state index contributed by atoms with van der Waals surface area (Å²) in [7, 11) is -3.88. The topological polar surface area (TPSA) is 74.7 Å². The number of rotatable bonds is 6. The summed E-state index contributed by atoms with van der Waals surface area (Å²) in [6.45, 7) is 5.48. The summed E-state index contributed by atoms with van der Waals surface area (Å²) < 4.78 is 28.3. The average molecular weight is 426 g/mol. The van der Waals surface area contributed by atoms with E-state index in [0.29, 0.717) is 5.69 Å². The third-order valence-electron chi connectivity index (χ3n) is 3.82. The number of anilines is 1. The Labute approximate surface area is 156 Å². The molecule has 0 aliphatic rings. The zero-order valence-electron chi connectivity index (χ0n) is 14.3. The molecule has 2 rings (SSSR count). The minimum absolute atomic E-state index is 0.125. The number of sulfonamides is 1. The van der Waals surface area contributed by atoms with Gasteiger partial charge in [-0.25, -0.2) is 8.42 Å². The Morgan fingerprint density at radius 1 is 1.08 bits per heavy atom. The zero-order valence-corrected chi connectivity index (χ0v) is 16.7. The van der Waals surface area contributed by atoms with E-state index in [4.69, 9.17) is 5.11 Å². The van der Waals surface area contributed by atoms with Crippen LogP contribution in [0.5, 0.6) is 0 Å². The maximum Gasteiger partial charge on any atom is 0.305 e. The maximum atomic E-state index is 13.2. The Hall–Kier alpha value is -1.86. The fourth-order valence-corrected chi connectivity index (χ4v) is 4.71. The number of carboxylic acid groups (broad SMARTS) is 1. The van der Waals surface area contributed by atoms with Gasteiger partial charge in [0.1, 0.15) is 0 Å². The predicted octanol–water partition coefficient (Wildman–Crippen LogP) is 4.04. The number of halogens is 1. The molecular weight excluding hydrogens is 406 g/mol. The molecule has 7 heteroatoms. The minimum atomic E-state index is -3.88. The second-order valence-corrected chi connectivity index (χ2v) is 8.70. The monoisotopic (exact) mass is 425 g/mol. The van der Waals surface area contributed by atoms with E-state index in [-0.39, 0.29) is 17.9 Å². The summed E-state index contributed by atoms with van der Waals surface area (Å²) in [5, 5.41) is 9.04. The van der Waals surface area contributed by atoms with Crippen LogP contribution in [-0.2, 0) is 14.8 Å². The second kappa shape index (κ2) is 7.58. The van der Waals surface area contributed by atoms with E-state index < -0.39 is 16.0 Å². The number of hydrogen-bond acceptors (Lipinski definition) is 3.